The molecule has 0 spiro atoms. The molecule has 2 unspecified atom stereocenters. The monoisotopic (exact) mass is 448 g/mol. The highest BCUT2D eigenvalue weighted by atomic mass is 16.6. The van der Waals surface area contributed by atoms with E-state index in [1.165, 1.54) is 32.7 Å². The van der Waals surface area contributed by atoms with Gasteiger partial charge < -0.3 is 4.74 Å². The summed E-state index contributed by atoms with van der Waals surface area (Å²) in [6, 6.07) is 51.9. The van der Waals surface area contributed by atoms with Crippen molar-refractivity contribution < 1.29 is 4.74 Å². The molecule has 1 heteroatoms. The number of benzene rings is 6. The van der Waals surface area contributed by atoms with Gasteiger partial charge in [-0.15, -0.1) is 0 Å². The number of ether oxygens (including phenoxy) is 1. The molecule has 35 heavy (non-hydrogen) atoms. The quantitative estimate of drug-likeness (QED) is 0.248. The van der Waals surface area contributed by atoms with Gasteiger partial charge in [0.15, 0.2) is 11.2 Å². The number of fused-ring (bicyclic) bond motifs is 2. The number of epoxide rings is 1. The third-order valence-electron chi connectivity index (χ3n) is 7.43. The zero-order valence-electron chi connectivity index (χ0n) is 19.3. The van der Waals surface area contributed by atoms with Crippen LogP contribution in [0.25, 0.3) is 21.5 Å². The summed E-state index contributed by atoms with van der Waals surface area (Å²) in [5, 5.41) is 4.90. The highest BCUT2D eigenvalue weighted by molar-refractivity contribution is 5.85. The normalized spacial score (nSPS) is 21.3. The second kappa shape index (κ2) is 7.66. The summed E-state index contributed by atoms with van der Waals surface area (Å²) in [5.74, 6) is 0. The van der Waals surface area contributed by atoms with Crippen LogP contribution in [0.1, 0.15) is 22.3 Å². The van der Waals surface area contributed by atoms with Crippen molar-refractivity contribution in [2.45, 2.75) is 11.2 Å². The molecule has 2 atom stereocenters. The molecule has 1 aliphatic heterocycles. The highest BCUT2D eigenvalue weighted by Gasteiger charge is 2.73. The Labute approximate surface area is 205 Å². The van der Waals surface area contributed by atoms with Crippen molar-refractivity contribution in [1.82, 2.24) is 0 Å². The SMILES string of the molecule is c1ccc(C2(c3ccc4ccccc4c3)OC2(c2ccccc2)c2ccc3ccccc3c2)cc1. The molecule has 1 nitrogen and oxygen atoms in total. The van der Waals surface area contributed by atoms with Gasteiger partial charge in [-0.1, -0.05) is 133 Å². The van der Waals surface area contributed by atoms with E-state index in [9.17, 15) is 0 Å². The van der Waals surface area contributed by atoms with Crippen molar-refractivity contribution in [2.75, 3.05) is 0 Å². The third-order valence-corrected chi connectivity index (χ3v) is 7.43. The van der Waals surface area contributed by atoms with E-state index in [2.05, 4.69) is 146 Å². The van der Waals surface area contributed by atoms with Gasteiger partial charge in [-0.05, 0) is 55.9 Å². The molecular weight excluding hydrogens is 424 g/mol. The molecule has 166 valence electrons. The minimum absolute atomic E-state index is 0.637. The Kier molecular flexibility index (Phi) is 4.42. The van der Waals surface area contributed by atoms with E-state index < -0.39 is 11.2 Å². The topological polar surface area (TPSA) is 12.5 Å². The zero-order chi connectivity index (χ0) is 23.3. The van der Waals surface area contributed by atoms with Crippen LogP contribution in [0.5, 0.6) is 0 Å². The largest absolute Gasteiger partial charge is 0.342 e. The Bertz CT molecular complexity index is 1540. The lowest BCUT2D eigenvalue weighted by Gasteiger charge is -2.23. The molecule has 0 bridgehead atoms. The molecule has 0 radical (unpaired) electrons. The molecule has 0 amide bonds. The fraction of sp³-hybridized carbons (Fsp3) is 0.0588. The van der Waals surface area contributed by atoms with Crippen molar-refractivity contribution in [3.63, 3.8) is 0 Å². The van der Waals surface area contributed by atoms with E-state index in [-0.39, 0.29) is 0 Å². The van der Waals surface area contributed by atoms with Gasteiger partial charge in [0.05, 0.1) is 0 Å². The summed E-state index contributed by atoms with van der Waals surface area (Å²) in [6.45, 7) is 0. The van der Waals surface area contributed by atoms with E-state index in [1.807, 2.05) is 0 Å². The van der Waals surface area contributed by atoms with Crippen LogP contribution in [0.2, 0.25) is 0 Å². The van der Waals surface area contributed by atoms with Crippen molar-refractivity contribution >= 4 is 21.5 Å². The van der Waals surface area contributed by atoms with E-state index in [1.54, 1.807) is 0 Å². The predicted octanol–water partition coefficient (Wildman–Crippen LogP) is 8.21. The van der Waals surface area contributed by atoms with E-state index in [0.717, 1.165) is 11.1 Å². The second-order valence-electron chi connectivity index (χ2n) is 9.32. The maximum absolute atomic E-state index is 7.13. The average molecular weight is 449 g/mol. The molecule has 0 saturated carbocycles. The lowest BCUT2D eigenvalue weighted by molar-refractivity contribution is 0.300. The Morgan fingerprint density at radius 1 is 0.314 bits per heavy atom. The molecule has 0 aliphatic carbocycles. The smallest absolute Gasteiger partial charge is 0.157 e. The van der Waals surface area contributed by atoms with Gasteiger partial charge in [-0.2, -0.15) is 0 Å². The van der Waals surface area contributed by atoms with Crippen LogP contribution < -0.4 is 0 Å². The first-order valence-electron chi connectivity index (χ1n) is 12.1. The first-order valence-corrected chi connectivity index (χ1v) is 12.1. The van der Waals surface area contributed by atoms with Gasteiger partial charge in [0, 0.05) is 0 Å². The van der Waals surface area contributed by atoms with Crippen molar-refractivity contribution in [2.24, 2.45) is 0 Å². The van der Waals surface area contributed by atoms with Crippen molar-refractivity contribution in [1.29, 1.82) is 0 Å². The average Bonchev–Trinajstić information content (AvgIpc) is 3.66. The fourth-order valence-corrected chi connectivity index (χ4v) is 5.75. The second-order valence-corrected chi connectivity index (χ2v) is 9.32. The Morgan fingerprint density at radius 3 is 1.11 bits per heavy atom. The molecular formula is C34H24O. The van der Waals surface area contributed by atoms with Crippen LogP contribution in [-0.2, 0) is 15.9 Å². The summed E-state index contributed by atoms with van der Waals surface area (Å²) in [5.41, 5.74) is 3.38. The van der Waals surface area contributed by atoms with Crippen molar-refractivity contribution in [3.8, 4) is 0 Å². The minimum Gasteiger partial charge on any atom is -0.342 e. The molecule has 0 N–H and O–H groups in total. The molecule has 6 aromatic carbocycles. The minimum atomic E-state index is -0.637. The van der Waals surface area contributed by atoms with Gasteiger partial charge in [0.2, 0.25) is 0 Å². The van der Waals surface area contributed by atoms with Crippen LogP contribution in [-0.4, -0.2) is 0 Å². The maximum Gasteiger partial charge on any atom is 0.157 e. The lowest BCUT2D eigenvalue weighted by atomic mass is 9.73. The van der Waals surface area contributed by atoms with Crippen LogP contribution in [0.4, 0.5) is 0 Å². The van der Waals surface area contributed by atoms with E-state index in [0.29, 0.717) is 0 Å². The number of hydrogen-bond acceptors (Lipinski definition) is 1. The summed E-state index contributed by atoms with van der Waals surface area (Å²) in [7, 11) is 0. The molecule has 1 aliphatic rings. The van der Waals surface area contributed by atoms with Crippen LogP contribution >= 0.6 is 0 Å². The summed E-state index contributed by atoms with van der Waals surface area (Å²) in [4.78, 5) is 0. The summed E-state index contributed by atoms with van der Waals surface area (Å²) < 4.78 is 7.13. The predicted molar refractivity (Wildman–Crippen MR) is 143 cm³/mol. The standard InChI is InChI=1S/C34H24O/c1-3-15-29(16-4-1)33(31-21-19-25-11-7-9-13-27(25)23-31)34(35-33,30-17-5-2-6-18-30)32-22-20-26-12-8-10-14-28(26)24-32/h1-24H. The first kappa shape index (κ1) is 20.2. The summed E-state index contributed by atoms with van der Waals surface area (Å²) in [6.07, 6.45) is 0. The van der Waals surface area contributed by atoms with Crippen molar-refractivity contribution in [3.05, 3.63) is 168 Å². The fourth-order valence-electron chi connectivity index (χ4n) is 5.75. The summed E-state index contributed by atoms with van der Waals surface area (Å²) >= 11 is 0. The van der Waals surface area contributed by atoms with Gasteiger partial charge in [0.1, 0.15) is 0 Å². The number of hydrogen-bond donors (Lipinski definition) is 0. The molecule has 1 saturated heterocycles. The van der Waals surface area contributed by atoms with Crippen LogP contribution in [0.15, 0.2) is 146 Å². The molecule has 1 fully saturated rings. The molecule has 7 rings (SSSR count). The molecule has 0 aromatic heterocycles. The maximum atomic E-state index is 7.13. The van der Waals surface area contributed by atoms with Crippen LogP contribution in [0, 0.1) is 0 Å². The van der Waals surface area contributed by atoms with Gasteiger partial charge >= 0.3 is 0 Å². The highest BCUT2D eigenvalue weighted by Crippen LogP contribution is 2.69. The van der Waals surface area contributed by atoms with E-state index in [4.69, 9.17) is 4.74 Å². The Morgan fingerprint density at radius 2 is 0.686 bits per heavy atom. The first-order chi connectivity index (χ1) is 17.3. The Hall–Kier alpha value is -4.20. The van der Waals surface area contributed by atoms with Gasteiger partial charge in [-0.25, -0.2) is 0 Å². The lowest BCUT2D eigenvalue weighted by Crippen LogP contribution is -2.25. The van der Waals surface area contributed by atoms with Crippen LogP contribution in [0.3, 0.4) is 0 Å². The Balaban J connectivity index is 1.55. The van der Waals surface area contributed by atoms with Gasteiger partial charge in [-0.3, -0.25) is 0 Å². The van der Waals surface area contributed by atoms with Gasteiger partial charge in [0.25, 0.3) is 0 Å². The van der Waals surface area contributed by atoms with E-state index >= 15 is 0 Å². The third kappa shape index (κ3) is 2.92. The number of rotatable bonds is 4. The molecule has 6 aromatic rings. The zero-order valence-corrected chi connectivity index (χ0v) is 19.3. The molecule has 1 heterocycles.